The van der Waals surface area contributed by atoms with Gasteiger partial charge in [-0.2, -0.15) is 5.10 Å². The van der Waals surface area contributed by atoms with Gasteiger partial charge in [0, 0.05) is 42.7 Å². The summed E-state index contributed by atoms with van der Waals surface area (Å²) >= 11 is 0. The lowest BCUT2D eigenvalue weighted by molar-refractivity contribution is 0.141. The molecule has 0 radical (unpaired) electrons. The van der Waals surface area contributed by atoms with Crippen molar-refractivity contribution in [3.05, 3.63) is 29.2 Å². The van der Waals surface area contributed by atoms with E-state index in [0.717, 1.165) is 17.0 Å². The fraction of sp³-hybridized carbons (Fsp3) is 0.625. The van der Waals surface area contributed by atoms with Crippen molar-refractivity contribution in [3.63, 3.8) is 0 Å². The Morgan fingerprint density at radius 3 is 2.62 bits per heavy atom. The van der Waals surface area contributed by atoms with Crippen LogP contribution in [-0.2, 0) is 4.74 Å². The van der Waals surface area contributed by atoms with Crippen molar-refractivity contribution >= 4 is 5.65 Å². The molecule has 0 fully saturated rings. The quantitative estimate of drug-likeness (QED) is 0.888. The molecular formula is C16H26N4O. The van der Waals surface area contributed by atoms with Gasteiger partial charge in [-0.3, -0.25) is 0 Å². The average molecular weight is 290 g/mol. The van der Waals surface area contributed by atoms with E-state index in [1.807, 2.05) is 23.7 Å². The van der Waals surface area contributed by atoms with Crippen LogP contribution in [0.2, 0.25) is 0 Å². The van der Waals surface area contributed by atoms with Crippen LogP contribution in [-0.4, -0.2) is 34.4 Å². The summed E-state index contributed by atoms with van der Waals surface area (Å²) in [5, 5.41) is 8.15. The Labute approximate surface area is 126 Å². The first-order valence-corrected chi connectivity index (χ1v) is 7.51. The number of nitrogens with zero attached hydrogens (tertiary/aromatic N) is 3. The van der Waals surface area contributed by atoms with Gasteiger partial charge in [0.1, 0.15) is 0 Å². The molecule has 1 N–H and O–H groups in total. The summed E-state index contributed by atoms with van der Waals surface area (Å²) in [4.78, 5) is 4.51. The van der Waals surface area contributed by atoms with Gasteiger partial charge in [-0.25, -0.2) is 9.50 Å². The maximum Gasteiger partial charge on any atom is 0.155 e. The van der Waals surface area contributed by atoms with Gasteiger partial charge in [-0.1, -0.05) is 13.8 Å². The number of methoxy groups -OCH3 is 1. The van der Waals surface area contributed by atoms with Crippen LogP contribution in [0.5, 0.6) is 0 Å². The first-order valence-electron chi connectivity index (χ1n) is 7.51. The monoisotopic (exact) mass is 290 g/mol. The van der Waals surface area contributed by atoms with E-state index in [1.165, 1.54) is 5.56 Å². The van der Waals surface area contributed by atoms with Crippen molar-refractivity contribution in [3.8, 4) is 0 Å². The van der Waals surface area contributed by atoms with Crippen LogP contribution < -0.4 is 5.32 Å². The summed E-state index contributed by atoms with van der Waals surface area (Å²) in [6.07, 6.45) is 1.95. The third kappa shape index (κ3) is 3.41. The molecule has 2 heterocycles. The number of aromatic nitrogens is 3. The number of aryl methyl sites for hydroxylation is 2. The summed E-state index contributed by atoms with van der Waals surface area (Å²) in [7, 11) is 1.74. The topological polar surface area (TPSA) is 51.5 Å². The number of hydrogen-bond donors (Lipinski definition) is 1. The van der Waals surface area contributed by atoms with E-state index in [1.54, 1.807) is 7.11 Å². The second kappa shape index (κ2) is 6.54. The van der Waals surface area contributed by atoms with Crippen LogP contribution in [0.25, 0.3) is 5.65 Å². The van der Waals surface area contributed by atoms with Crippen molar-refractivity contribution in [2.24, 2.45) is 5.92 Å². The molecule has 0 aromatic carbocycles. The molecule has 116 valence electrons. The molecule has 0 spiro atoms. The molecule has 2 aromatic heterocycles. The summed E-state index contributed by atoms with van der Waals surface area (Å²) in [6, 6.07) is 2.52. The molecule has 5 heteroatoms. The maximum atomic E-state index is 5.31. The Kier molecular flexibility index (Phi) is 4.96. The van der Waals surface area contributed by atoms with Gasteiger partial charge in [0.15, 0.2) is 5.65 Å². The fourth-order valence-corrected chi connectivity index (χ4v) is 2.62. The smallest absolute Gasteiger partial charge is 0.155 e. The van der Waals surface area contributed by atoms with E-state index in [9.17, 15) is 0 Å². The zero-order valence-corrected chi connectivity index (χ0v) is 13.8. The van der Waals surface area contributed by atoms with Crippen molar-refractivity contribution in [2.75, 3.05) is 13.7 Å². The van der Waals surface area contributed by atoms with E-state index in [-0.39, 0.29) is 6.04 Å². The Bertz CT molecular complexity index is 606. The molecule has 0 aliphatic carbocycles. The summed E-state index contributed by atoms with van der Waals surface area (Å²) in [5.41, 5.74) is 4.20. The SMILES string of the molecule is COCC(NC(C)c1cnc2cc(C)nn2c1C)C(C)C. The summed E-state index contributed by atoms with van der Waals surface area (Å²) in [6.45, 7) is 11.4. The second-order valence-electron chi connectivity index (χ2n) is 6.05. The highest BCUT2D eigenvalue weighted by molar-refractivity contribution is 5.42. The highest BCUT2D eigenvalue weighted by Crippen LogP contribution is 2.19. The van der Waals surface area contributed by atoms with Crippen molar-refractivity contribution in [2.45, 2.75) is 46.7 Å². The summed E-state index contributed by atoms with van der Waals surface area (Å²) < 4.78 is 7.23. The largest absolute Gasteiger partial charge is 0.383 e. The molecule has 2 aromatic rings. The lowest BCUT2D eigenvalue weighted by Gasteiger charge is -2.26. The predicted molar refractivity (Wildman–Crippen MR) is 84.5 cm³/mol. The normalized spacial score (nSPS) is 14.8. The van der Waals surface area contributed by atoms with Crippen LogP contribution >= 0.6 is 0 Å². The van der Waals surface area contributed by atoms with Gasteiger partial charge in [-0.05, 0) is 26.7 Å². The van der Waals surface area contributed by atoms with Crippen LogP contribution in [0.15, 0.2) is 12.3 Å². The first-order chi connectivity index (χ1) is 9.93. The number of ether oxygens (including phenoxy) is 1. The fourth-order valence-electron chi connectivity index (χ4n) is 2.62. The molecule has 0 bridgehead atoms. The second-order valence-corrected chi connectivity index (χ2v) is 6.05. The number of hydrogen-bond acceptors (Lipinski definition) is 4. The number of rotatable bonds is 6. The van der Waals surface area contributed by atoms with E-state index in [2.05, 4.69) is 43.1 Å². The Morgan fingerprint density at radius 2 is 2.00 bits per heavy atom. The first kappa shape index (κ1) is 15.9. The Hall–Kier alpha value is -1.46. The van der Waals surface area contributed by atoms with Gasteiger partial charge in [-0.15, -0.1) is 0 Å². The third-order valence-corrected chi connectivity index (χ3v) is 3.97. The summed E-state index contributed by atoms with van der Waals surface area (Å²) in [5.74, 6) is 0.511. The standard InChI is InChI=1S/C16H26N4O/c1-10(2)15(9-21-6)18-12(4)14-8-17-16-7-11(3)19-20(16)13(14)5/h7-8,10,12,15,18H,9H2,1-6H3. The Balaban J connectivity index is 2.26. The minimum Gasteiger partial charge on any atom is -0.383 e. The molecule has 0 aliphatic heterocycles. The minimum absolute atomic E-state index is 0.203. The van der Waals surface area contributed by atoms with Crippen LogP contribution in [0.1, 0.15) is 43.8 Å². The van der Waals surface area contributed by atoms with Gasteiger partial charge in [0.2, 0.25) is 0 Å². The van der Waals surface area contributed by atoms with E-state index in [4.69, 9.17) is 4.74 Å². The van der Waals surface area contributed by atoms with E-state index >= 15 is 0 Å². The highest BCUT2D eigenvalue weighted by atomic mass is 16.5. The van der Waals surface area contributed by atoms with Gasteiger partial charge in [0.05, 0.1) is 12.3 Å². The van der Waals surface area contributed by atoms with Crippen LogP contribution in [0.4, 0.5) is 0 Å². The number of nitrogens with one attached hydrogen (secondary N) is 1. The molecule has 2 atom stereocenters. The lowest BCUT2D eigenvalue weighted by atomic mass is 10.0. The maximum absolute atomic E-state index is 5.31. The van der Waals surface area contributed by atoms with Crippen molar-refractivity contribution in [1.29, 1.82) is 0 Å². The van der Waals surface area contributed by atoms with E-state index in [0.29, 0.717) is 18.6 Å². The molecule has 0 amide bonds. The lowest BCUT2D eigenvalue weighted by Crippen LogP contribution is -2.39. The molecular weight excluding hydrogens is 264 g/mol. The molecule has 0 saturated carbocycles. The number of fused-ring (bicyclic) bond motifs is 1. The molecule has 21 heavy (non-hydrogen) atoms. The highest BCUT2D eigenvalue weighted by Gasteiger charge is 2.19. The van der Waals surface area contributed by atoms with Crippen molar-refractivity contribution in [1.82, 2.24) is 19.9 Å². The average Bonchev–Trinajstić information content (AvgIpc) is 2.80. The molecule has 2 unspecified atom stereocenters. The van der Waals surface area contributed by atoms with Gasteiger partial charge < -0.3 is 10.1 Å². The Morgan fingerprint density at radius 1 is 1.29 bits per heavy atom. The van der Waals surface area contributed by atoms with Crippen LogP contribution in [0.3, 0.4) is 0 Å². The third-order valence-electron chi connectivity index (χ3n) is 3.97. The molecule has 0 aliphatic rings. The molecule has 5 nitrogen and oxygen atoms in total. The minimum atomic E-state index is 0.203. The molecule has 0 saturated heterocycles. The molecule has 2 rings (SSSR count). The van der Waals surface area contributed by atoms with Gasteiger partial charge in [0.25, 0.3) is 0 Å². The zero-order chi connectivity index (χ0) is 15.6. The van der Waals surface area contributed by atoms with Crippen LogP contribution in [0, 0.1) is 19.8 Å². The van der Waals surface area contributed by atoms with Gasteiger partial charge >= 0.3 is 0 Å². The van der Waals surface area contributed by atoms with E-state index < -0.39 is 0 Å². The zero-order valence-electron chi connectivity index (χ0n) is 13.8. The predicted octanol–water partition coefficient (Wildman–Crippen LogP) is 2.67. The van der Waals surface area contributed by atoms with Crippen molar-refractivity contribution < 1.29 is 4.74 Å².